The van der Waals surface area contributed by atoms with Crippen LogP contribution in [0.3, 0.4) is 0 Å². The van der Waals surface area contributed by atoms with E-state index in [0.717, 1.165) is 15.3 Å². The summed E-state index contributed by atoms with van der Waals surface area (Å²) in [5.41, 5.74) is 1.00. The zero-order chi connectivity index (χ0) is 25.6. The van der Waals surface area contributed by atoms with Crippen LogP contribution in [-0.4, -0.2) is 36.5 Å². The maximum atomic E-state index is 14.8. The van der Waals surface area contributed by atoms with Gasteiger partial charge in [-0.1, -0.05) is 55.2 Å². The third kappa shape index (κ3) is 6.93. The minimum absolute atomic E-state index is 0.0238. The lowest BCUT2D eigenvalue weighted by atomic mass is 10.0. The zero-order valence-corrected chi connectivity index (χ0v) is 21.2. The van der Waals surface area contributed by atoms with E-state index in [1.807, 2.05) is 6.07 Å². The molecule has 2 N–H and O–H groups in total. The Morgan fingerprint density at radius 1 is 1.11 bits per heavy atom. The van der Waals surface area contributed by atoms with Crippen LogP contribution in [-0.2, 0) is 27.5 Å². The predicted octanol–water partition coefficient (Wildman–Crippen LogP) is 2.57. The van der Waals surface area contributed by atoms with Crippen molar-refractivity contribution in [2.45, 2.75) is 38.8 Å². The second-order valence-electron chi connectivity index (χ2n) is 9.16. The molecule has 0 spiro atoms. The minimum atomic E-state index is -1.73. The number of aromatic nitrogens is 2. The summed E-state index contributed by atoms with van der Waals surface area (Å²) < 4.78 is 21.0. The van der Waals surface area contributed by atoms with Gasteiger partial charge >= 0.3 is 0 Å². The van der Waals surface area contributed by atoms with Crippen LogP contribution in [0.15, 0.2) is 65.8 Å². The number of amides is 2. The zero-order valence-electron chi connectivity index (χ0n) is 20.2. The average molecular weight is 497 g/mol. The molecule has 8 nitrogen and oxygen atoms in total. The van der Waals surface area contributed by atoms with Crippen LogP contribution in [0.25, 0.3) is 0 Å². The van der Waals surface area contributed by atoms with Gasteiger partial charge in [0, 0.05) is 19.4 Å². The van der Waals surface area contributed by atoms with Gasteiger partial charge in [-0.15, -0.1) is 0 Å². The van der Waals surface area contributed by atoms with Gasteiger partial charge in [-0.25, -0.2) is 9.37 Å². The number of anilines is 1. The van der Waals surface area contributed by atoms with Crippen LogP contribution in [0.2, 0.25) is 19.6 Å². The molecular weight excluding hydrogens is 467 g/mol. The first-order chi connectivity index (χ1) is 16.6. The maximum absolute atomic E-state index is 14.8. The van der Waals surface area contributed by atoms with Gasteiger partial charge in [0.15, 0.2) is 0 Å². The Kier molecular flexibility index (Phi) is 8.31. The number of ether oxygens (including phenoxy) is 1. The van der Waals surface area contributed by atoms with Crippen LogP contribution < -0.4 is 21.4 Å². The smallest absolute Gasteiger partial charge is 0.253 e. The lowest BCUT2D eigenvalue weighted by Gasteiger charge is -2.21. The minimum Gasteiger partial charge on any atom is -0.380 e. The molecule has 3 rings (SSSR count). The number of carbonyl (C=O) groups is 2. The SMILES string of the molecule is COCc1ccc(C(NC(=O)Cn2cnccc2=O)C(=O)Nc2ccc([Si](C)(C)C)cc2F)cc1. The molecular formula is C25H29FN4O4Si. The molecule has 2 aromatic carbocycles. The van der Waals surface area contributed by atoms with Crippen molar-refractivity contribution in [1.82, 2.24) is 14.9 Å². The van der Waals surface area contributed by atoms with E-state index in [2.05, 4.69) is 35.3 Å². The first-order valence-corrected chi connectivity index (χ1v) is 14.6. The predicted molar refractivity (Wildman–Crippen MR) is 135 cm³/mol. The summed E-state index contributed by atoms with van der Waals surface area (Å²) in [6.07, 6.45) is 2.57. The summed E-state index contributed by atoms with van der Waals surface area (Å²) in [6, 6.07) is 11.9. The highest BCUT2D eigenvalue weighted by Gasteiger charge is 2.25. The van der Waals surface area contributed by atoms with Gasteiger partial charge in [0.05, 0.1) is 26.7 Å². The number of hydrogen-bond donors (Lipinski definition) is 2. The van der Waals surface area contributed by atoms with Crippen molar-refractivity contribution >= 4 is 30.8 Å². The van der Waals surface area contributed by atoms with Crippen molar-refractivity contribution in [3.05, 3.63) is 88.4 Å². The molecule has 2 amide bonds. The topological polar surface area (TPSA) is 102 Å². The van der Waals surface area contributed by atoms with Crippen molar-refractivity contribution < 1.29 is 18.7 Å². The monoisotopic (exact) mass is 496 g/mol. The van der Waals surface area contributed by atoms with Gasteiger partial charge in [0.2, 0.25) is 5.91 Å². The van der Waals surface area contributed by atoms with Gasteiger partial charge in [-0.05, 0) is 23.3 Å². The van der Waals surface area contributed by atoms with Gasteiger partial charge in [0.1, 0.15) is 18.4 Å². The molecule has 0 saturated carbocycles. The highest BCUT2D eigenvalue weighted by molar-refractivity contribution is 6.88. The fourth-order valence-electron chi connectivity index (χ4n) is 3.42. The summed E-state index contributed by atoms with van der Waals surface area (Å²) in [6.45, 7) is 6.38. The van der Waals surface area contributed by atoms with Crippen LogP contribution >= 0.6 is 0 Å². The molecule has 0 bridgehead atoms. The molecule has 1 aromatic heterocycles. The second kappa shape index (κ2) is 11.2. The van der Waals surface area contributed by atoms with Gasteiger partial charge in [-0.2, -0.15) is 0 Å². The molecule has 3 aromatic rings. The number of nitrogens with one attached hydrogen (secondary N) is 2. The number of halogens is 1. The fourth-order valence-corrected chi connectivity index (χ4v) is 4.56. The van der Waals surface area contributed by atoms with E-state index in [-0.39, 0.29) is 12.2 Å². The molecule has 1 heterocycles. The van der Waals surface area contributed by atoms with E-state index in [9.17, 15) is 18.8 Å². The molecule has 1 atom stereocenters. The molecule has 0 fully saturated rings. The summed E-state index contributed by atoms with van der Waals surface area (Å²) in [4.78, 5) is 41.7. The second-order valence-corrected chi connectivity index (χ2v) is 14.2. The summed E-state index contributed by atoms with van der Waals surface area (Å²) in [7, 11) is -0.155. The summed E-state index contributed by atoms with van der Waals surface area (Å²) in [5, 5.41) is 6.16. The number of rotatable bonds is 9. The third-order valence-corrected chi connectivity index (χ3v) is 7.43. The lowest BCUT2D eigenvalue weighted by molar-refractivity contribution is -0.127. The van der Waals surface area contributed by atoms with Gasteiger partial charge < -0.3 is 15.4 Å². The van der Waals surface area contributed by atoms with Crippen molar-refractivity contribution in [3.8, 4) is 0 Å². The van der Waals surface area contributed by atoms with Crippen LogP contribution in [0.4, 0.5) is 10.1 Å². The molecule has 0 radical (unpaired) electrons. The Morgan fingerprint density at radius 3 is 2.43 bits per heavy atom. The quantitative estimate of drug-likeness (QED) is 0.444. The van der Waals surface area contributed by atoms with Crippen LogP contribution in [0.5, 0.6) is 0 Å². The molecule has 184 valence electrons. The van der Waals surface area contributed by atoms with Crippen molar-refractivity contribution in [2.75, 3.05) is 12.4 Å². The summed E-state index contributed by atoms with van der Waals surface area (Å²) >= 11 is 0. The number of hydrogen-bond acceptors (Lipinski definition) is 5. The van der Waals surface area contributed by atoms with E-state index in [1.54, 1.807) is 31.4 Å². The fraction of sp³-hybridized carbons (Fsp3) is 0.280. The van der Waals surface area contributed by atoms with E-state index >= 15 is 0 Å². The molecule has 0 aliphatic carbocycles. The van der Waals surface area contributed by atoms with Crippen molar-refractivity contribution in [1.29, 1.82) is 0 Å². The number of carbonyl (C=O) groups excluding carboxylic acids is 2. The maximum Gasteiger partial charge on any atom is 0.253 e. The number of nitrogens with zero attached hydrogens (tertiary/aromatic N) is 2. The number of methoxy groups -OCH3 is 1. The van der Waals surface area contributed by atoms with Gasteiger partial charge in [-0.3, -0.25) is 19.0 Å². The number of benzene rings is 2. The molecule has 0 saturated heterocycles. The Hall–Kier alpha value is -3.63. The van der Waals surface area contributed by atoms with Crippen molar-refractivity contribution in [3.63, 3.8) is 0 Å². The van der Waals surface area contributed by atoms with Crippen LogP contribution in [0, 0.1) is 5.82 Å². The molecule has 0 aliphatic rings. The van der Waals surface area contributed by atoms with Crippen molar-refractivity contribution in [2.24, 2.45) is 0 Å². The Balaban J connectivity index is 1.85. The standard InChI is InChI=1S/C25H29FN4O4Si/c1-34-15-17-5-7-18(8-6-17)24(29-22(31)14-30-16-27-12-11-23(30)32)25(33)28-21-10-9-19(13-20(21)26)35(2,3)4/h5-13,16,24H,14-15H2,1-4H3,(H,28,33)(H,29,31). The Morgan fingerprint density at radius 2 is 1.83 bits per heavy atom. The van der Waals surface area contributed by atoms with E-state index < -0.39 is 37.3 Å². The largest absolute Gasteiger partial charge is 0.380 e. The van der Waals surface area contributed by atoms with Gasteiger partial charge in [0.25, 0.3) is 11.5 Å². The van der Waals surface area contributed by atoms with E-state index in [4.69, 9.17) is 4.74 Å². The van der Waals surface area contributed by atoms with E-state index in [1.165, 1.54) is 30.7 Å². The first-order valence-electron chi connectivity index (χ1n) is 11.1. The summed E-state index contributed by atoms with van der Waals surface area (Å²) in [5.74, 6) is -1.73. The lowest BCUT2D eigenvalue weighted by Crippen LogP contribution is -2.40. The van der Waals surface area contributed by atoms with E-state index in [0.29, 0.717) is 12.2 Å². The molecule has 1 unspecified atom stereocenters. The Labute approximate surface area is 204 Å². The highest BCUT2D eigenvalue weighted by Crippen LogP contribution is 2.20. The molecule has 10 heteroatoms. The first kappa shape index (κ1) is 26.0. The molecule has 0 aliphatic heterocycles. The third-order valence-electron chi connectivity index (χ3n) is 5.39. The average Bonchev–Trinajstić information content (AvgIpc) is 2.80. The van der Waals surface area contributed by atoms with Crippen LogP contribution in [0.1, 0.15) is 17.2 Å². The highest BCUT2D eigenvalue weighted by atomic mass is 28.3. The molecule has 35 heavy (non-hydrogen) atoms. The Bertz CT molecular complexity index is 1260. The normalized spacial score (nSPS) is 12.1.